The molecule has 2 heterocycles. The Morgan fingerprint density at radius 2 is 2.50 bits per heavy atom. The van der Waals surface area contributed by atoms with Crippen LogP contribution >= 0.6 is 0 Å². The minimum absolute atomic E-state index is 0.608. The third kappa shape index (κ3) is 3.67. The summed E-state index contributed by atoms with van der Waals surface area (Å²) in [6.45, 7) is 5.81. The van der Waals surface area contributed by atoms with Crippen LogP contribution in [0.15, 0.2) is 22.3 Å². The maximum atomic E-state index is 5.93. The predicted octanol–water partition coefficient (Wildman–Crippen LogP) is 1.82. The molecule has 0 aliphatic carbocycles. The maximum absolute atomic E-state index is 5.93. The maximum Gasteiger partial charge on any atom is 0.108 e. The highest BCUT2D eigenvalue weighted by molar-refractivity contribution is 5.88. The Hall–Kier alpha value is -1.16. The molecule has 0 amide bonds. The van der Waals surface area contributed by atoms with Crippen molar-refractivity contribution in [3.63, 3.8) is 0 Å². The van der Waals surface area contributed by atoms with Gasteiger partial charge in [0.15, 0.2) is 0 Å². The number of nitrogens with two attached hydrogens (primary N) is 1. The van der Waals surface area contributed by atoms with Gasteiger partial charge in [-0.05, 0) is 39.2 Å². The Balaban J connectivity index is 1.98. The Morgan fingerprint density at radius 1 is 1.61 bits per heavy atom. The molecular weight excluding hydrogens is 224 g/mol. The van der Waals surface area contributed by atoms with E-state index in [9.17, 15) is 0 Å². The zero-order valence-electron chi connectivity index (χ0n) is 11.3. The Kier molecular flexibility index (Phi) is 4.93. The second-order valence-corrected chi connectivity index (χ2v) is 5.08. The highest BCUT2D eigenvalue weighted by atomic mass is 15.1. The largest absolute Gasteiger partial charge is 0.386 e. The first-order valence-electron chi connectivity index (χ1n) is 7.02. The van der Waals surface area contributed by atoms with E-state index in [2.05, 4.69) is 21.0 Å². The number of allylic oxidation sites excluding steroid dienone is 1. The highest BCUT2D eigenvalue weighted by Crippen LogP contribution is 2.21. The fourth-order valence-corrected chi connectivity index (χ4v) is 2.77. The number of nitrogens with zero attached hydrogens (tertiary/aromatic N) is 3. The molecule has 100 valence electrons. The molecule has 2 rings (SSSR count). The topological polar surface area (TPSA) is 54.0 Å². The molecule has 2 N–H and O–H groups in total. The van der Waals surface area contributed by atoms with E-state index in [1.807, 2.05) is 13.1 Å². The molecule has 0 radical (unpaired) electrons. The van der Waals surface area contributed by atoms with Crippen LogP contribution in [0.2, 0.25) is 0 Å². The van der Waals surface area contributed by atoms with Crippen LogP contribution in [0.4, 0.5) is 0 Å². The van der Waals surface area contributed by atoms with Gasteiger partial charge in [-0.15, -0.1) is 0 Å². The lowest BCUT2D eigenvalue weighted by Crippen LogP contribution is -2.37. The van der Waals surface area contributed by atoms with Gasteiger partial charge in [0.25, 0.3) is 0 Å². The molecule has 1 fully saturated rings. The molecule has 4 heteroatoms. The van der Waals surface area contributed by atoms with Crippen molar-refractivity contribution in [1.29, 1.82) is 0 Å². The van der Waals surface area contributed by atoms with E-state index >= 15 is 0 Å². The van der Waals surface area contributed by atoms with Gasteiger partial charge in [-0.2, -0.15) is 0 Å². The van der Waals surface area contributed by atoms with E-state index in [-0.39, 0.29) is 0 Å². The summed E-state index contributed by atoms with van der Waals surface area (Å²) in [5.41, 5.74) is 7.32. The average molecular weight is 248 g/mol. The van der Waals surface area contributed by atoms with Crippen LogP contribution in [0.25, 0.3) is 0 Å². The molecule has 0 aromatic rings. The Bertz CT molecular complexity index is 357. The summed E-state index contributed by atoms with van der Waals surface area (Å²) in [6.07, 6.45) is 8.84. The van der Waals surface area contributed by atoms with Crippen molar-refractivity contribution in [3.05, 3.63) is 12.3 Å². The summed E-state index contributed by atoms with van der Waals surface area (Å²) >= 11 is 0. The van der Waals surface area contributed by atoms with Crippen molar-refractivity contribution in [2.75, 3.05) is 26.2 Å². The fraction of sp³-hybridized carbons (Fsp3) is 0.714. The van der Waals surface area contributed by atoms with E-state index in [0.29, 0.717) is 5.92 Å². The van der Waals surface area contributed by atoms with Gasteiger partial charge in [-0.1, -0.05) is 6.08 Å². The summed E-state index contributed by atoms with van der Waals surface area (Å²) in [6, 6.07) is 0. The fourth-order valence-electron chi connectivity index (χ4n) is 2.77. The summed E-state index contributed by atoms with van der Waals surface area (Å²) in [4.78, 5) is 11.3. The van der Waals surface area contributed by atoms with Crippen LogP contribution in [0, 0.1) is 5.92 Å². The number of amidine groups is 1. The number of aliphatic imine (C=N–C) groups is 2. The van der Waals surface area contributed by atoms with Gasteiger partial charge in [0, 0.05) is 30.9 Å². The Labute approximate surface area is 110 Å². The summed E-state index contributed by atoms with van der Waals surface area (Å²) in [5.74, 6) is 1.38. The van der Waals surface area contributed by atoms with Gasteiger partial charge in [0.1, 0.15) is 5.84 Å². The molecule has 0 aromatic carbocycles. The molecule has 18 heavy (non-hydrogen) atoms. The number of likely N-dealkylation sites (tertiary alicyclic amines) is 1. The molecule has 0 aromatic heterocycles. The van der Waals surface area contributed by atoms with Crippen molar-refractivity contribution in [3.8, 4) is 0 Å². The number of rotatable bonds is 3. The molecule has 1 saturated heterocycles. The van der Waals surface area contributed by atoms with E-state index < -0.39 is 0 Å². The molecular formula is C14H24N4. The zero-order chi connectivity index (χ0) is 12.8. The van der Waals surface area contributed by atoms with Gasteiger partial charge in [0.05, 0.1) is 6.54 Å². The molecule has 2 aliphatic heterocycles. The van der Waals surface area contributed by atoms with Crippen molar-refractivity contribution >= 4 is 11.5 Å². The van der Waals surface area contributed by atoms with Crippen LogP contribution in [0.3, 0.4) is 0 Å². The van der Waals surface area contributed by atoms with Crippen molar-refractivity contribution < 1.29 is 0 Å². The quantitative estimate of drug-likeness (QED) is 0.612. The summed E-state index contributed by atoms with van der Waals surface area (Å²) < 4.78 is 0. The second-order valence-electron chi connectivity index (χ2n) is 5.08. The lowest BCUT2D eigenvalue weighted by molar-refractivity contribution is 0.292. The first-order chi connectivity index (χ1) is 8.79. The molecule has 2 aliphatic rings. The third-order valence-corrected chi connectivity index (χ3v) is 3.63. The van der Waals surface area contributed by atoms with E-state index in [4.69, 9.17) is 5.73 Å². The molecule has 1 atom stereocenters. The molecule has 1 unspecified atom stereocenters. The van der Waals surface area contributed by atoms with Gasteiger partial charge in [-0.25, -0.2) is 0 Å². The van der Waals surface area contributed by atoms with Gasteiger partial charge < -0.3 is 5.73 Å². The van der Waals surface area contributed by atoms with Crippen molar-refractivity contribution in [2.45, 2.75) is 32.6 Å². The highest BCUT2D eigenvalue weighted by Gasteiger charge is 2.23. The number of hydrogen-bond acceptors (Lipinski definition) is 3. The molecule has 0 saturated carbocycles. The van der Waals surface area contributed by atoms with E-state index in [1.54, 1.807) is 0 Å². The van der Waals surface area contributed by atoms with E-state index in [1.165, 1.54) is 18.6 Å². The third-order valence-electron chi connectivity index (χ3n) is 3.63. The standard InChI is InChI=1S/C14H24N4/c1-2-16-14(15)11-18-9-5-7-13-12(10-18)6-3-4-8-17-13/h4,8,12H,2-3,5-7,9-11H2,1H3,(H2,15,16). The van der Waals surface area contributed by atoms with Crippen molar-refractivity contribution in [2.24, 2.45) is 21.6 Å². The van der Waals surface area contributed by atoms with Crippen molar-refractivity contribution in [1.82, 2.24) is 4.90 Å². The van der Waals surface area contributed by atoms with Gasteiger partial charge in [0.2, 0.25) is 0 Å². The number of hydrogen-bond donors (Lipinski definition) is 1. The first-order valence-corrected chi connectivity index (χ1v) is 7.02. The van der Waals surface area contributed by atoms with E-state index in [0.717, 1.165) is 44.9 Å². The van der Waals surface area contributed by atoms with Crippen LogP contribution in [-0.2, 0) is 0 Å². The summed E-state index contributed by atoms with van der Waals surface area (Å²) in [7, 11) is 0. The smallest absolute Gasteiger partial charge is 0.108 e. The SMILES string of the molecule is CCN=C(N)CN1CCCC2=NC=CCCC2C1. The predicted molar refractivity (Wildman–Crippen MR) is 77.1 cm³/mol. The first kappa shape index (κ1) is 13.3. The number of fused-ring (bicyclic) bond motifs is 1. The minimum atomic E-state index is 0.608. The summed E-state index contributed by atoms with van der Waals surface area (Å²) in [5, 5.41) is 0. The normalized spacial score (nSPS) is 26.2. The minimum Gasteiger partial charge on any atom is -0.386 e. The molecule has 4 nitrogen and oxygen atoms in total. The molecule has 0 bridgehead atoms. The van der Waals surface area contributed by atoms with Gasteiger partial charge >= 0.3 is 0 Å². The average Bonchev–Trinajstić information content (AvgIpc) is 2.64. The van der Waals surface area contributed by atoms with Crippen LogP contribution in [-0.4, -0.2) is 42.6 Å². The van der Waals surface area contributed by atoms with Crippen LogP contribution < -0.4 is 5.73 Å². The lowest BCUT2D eigenvalue weighted by atomic mass is 9.96. The monoisotopic (exact) mass is 248 g/mol. The Morgan fingerprint density at radius 3 is 3.33 bits per heavy atom. The lowest BCUT2D eigenvalue weighted by Gasteiger charge is -2.23. The second kappa shape index (κ2) is 6.69. The van der Waals surface area contributed by atoms with Crippen LogP contribution in [0.1, 0.15) is 32.6 Å². The van der Waals surface area contributed by atoms with Crippen LogP contribution in [0.5, 0.6) is 0 Å². The molecule has 0 spiro atoms. The zero-order valence-corrected chi connectivity index (χ0v) is 11.3. The van der Waals surface area contributed by atoms with Gasteiger partial charge in [-0.3, -0.25) is 14.9 Å².